The number of rotatable bonds is 7. The second-order valence-corrected chi connectivity index (χ2v) is 6.19. The Morgan fingerprint density at radius 1 is 1.18 bits per heavy atom. The molecule has 0 unspecified atom stereocenters. The minimum atomic E-state index is -0.380. The molecule has 0 radical (unpaired) electrons. The van der Waals surface area contributed by atoms with Crippen LogP contribution in [0.5, 0.6) is 5.75 Å². The lowest BCUT2D eigenvalue weighted by Gasteiger charge is -2.40. The van der Waals surface area contributed by atoms with Crippen LogP contribution in [0.25, 0.3) is 0 Å². The molecule has 2 heterocycles. The standard InChI is InChI=1S/C19H23N5O3.ClH/c1-22(14-19(26)27-18-5-3-2-4-17(18)21-15-25)24-12-10-23(11-13-24)16-6-8-20-9-7-16;/h2-9,15H,10-14H2,1H3,(H,21,25);1H. The molecular formula is C19H24ClN5O3. The number of nitrogens with zero attached hydrogens (tertiary/aromatic N) is 4. The lowest BCUT2D eigenvalue weighted by molar-refractivity contribution is -0.140. The molecule has 9 heteroatoms. The first-order valence-corrected chi connectivity index (χ1v) is 8.78. The Balaban J connectivity index is 0.00000280. The van der Waals surface area contributed by atoms with Crippen molar-refractivity contribution in [1.29, 1.82) is 0 Å². The van der Waals surface area contributed by atoms with Gasteiger partial charge in [0.2, 0.25) is 6.41 Å². The van der Waals surface area contributed by atoms with Gasteiger partial charge in [0, 0.05) is 51.3 Å². The molecule has 1 saturated heterocycles. The summed E-state index contributed by atoms with van der Waals surface area (Å²) < 4.78 is 5.40. The Labute approximate surface area is 170 Å². The van der Waals surface area contributed by atoms with Gasteiger partial charge in [-0.25, -0.2) is 10.0 Å². The average Bonchev–Trinajstić information content (AvgIpc) is 2.70. The number of ether oxygens (including phenoxy) is 1. The van der Waals surface area contributed by atoms with Gasteiger partial charge in [-0.05, 0) is 24.3 Å². The maximum Gasteiger partial charge on any atom is 0.327 e. The van der Waals surface area contributed by atoms with Crippen molar-refractivity contribution in [2.45, 2.75) is 0 Å². The minimum absolute atomic E-state index is 0. The number of para-hydroxylation sites is 2. The number of hydrogen-bond acceptors (Lipinski definition) is 7. The van der Waals surface area contributed by atoms with Gasteiger partial charge < -0.3 is 15.0 Å². The Morgan fingerprint density at radius 2 is 1.86 bits per heavy atom. The summed E-state index contributed by atoms with van der Waals surface area (Å²) in [6.07, 6.45) is 4.14. The molecule has 0 aliphatic carbocycles. The summed E-state index contributed by atoms with van der Waals surface area (Å²) in [5.41, 5.74) is 1.63. The third-order valence-electron chi connectivity index (χ3n) is 4.45. The summed E-state index contributed by atoms with van der Waals surface area (Å²) in [6.45, 7) is 3.50. The number of aromatic nitrogens is 1. The summed E-state index contributed by atoms with van der Waals surface area (Å²) in [7, 11) is 1.87. The highest BCUT2D eigenvalue weighted by Gasteiger charge is 2.22. The summed E-state index contributed by atoms with van der Waals surface area (Å²) in [4.78, 5) is 29.3. The van der Waals surface area contributed by atoms with Crippen molar-refractivity contribution in [3.05, 3.63) is 48.8 Å². The molecular weight excluding hydrogens is 382 g/mol. The average molecular weight is 406 g/mol. The Morgan fingerprint density at radius 3 is 2.54 bits per heavy atom. The number of pyridine rings is 1. The topological polar surface area (TPSA) is 78.0 Å². The lowest BCUT2D eigenvalue weighted by atomic mass is 10.3. The van der Waals surface area contributed by atoms with Gasteiger partial charge in [0.05, 0.1) is 5.69 Å². The van der Waals surface area contributed by atoms with Crippen LogP contribution in [-0.4, -0.2) is 67.2 Å². The zero-order chi connectivity index (χ0) is 19.1. The van der Waals surface area contributed by atoms with E-state index in [1.165, 1.54) is 0 Å². The van der Waals surface area contributed by atoms with Crippen LogP contribution in [0.2, 0.25) is 0 Å². The predicted octanol–water partition coefficient (Wildman–Crippen LogP) is 1.65. The lowest BCUT2D eigenvalue weighted by Crippen LogP contribution is -2.54. The number of esters is 1. The molecule has 28 heavy (non-hydrogen) atoms. The zero-order valence-electron chi connectivity index (χ0n) is 15.7. The molecule has 1 N–H and O–H groups in total. The van der Waals surface area contributed by atoms with Gasteiger partial charge in [0.1, 0.15) is 6.54 Å². The molecule has 3 rings (SSSR count). The van der Waals surface area contributed by atoms with Crippen molar-refractivity contribution in [1.82, 2.24) is 15.0 Å². The van der Waals surface area contributed by atoms with E-state index in [0.29, 0.717) is 17.8 Å². The van der Waals surface area contributed by atoms with Crippen LogP contribution in [0.15, 0.2) is 48.8 Å². The van der Waals surface area contributed by atoms with Crippen LogP contribution in [0.1, 0.15) is 0 Å². The molecule has 0 atom stereocenters. The molecule has 1 amide bonds. The van der Waals surface area contributed by atoms with Crippen LogP contribution in [0, 0.1) is 0 Å². The van der Waals surface area contributed by atoms with E-state index in [-0.39, 0.29) is 24.9 Å². The zero-order valence-corrected chi connectivity index (χ0v) is 16.5. The maximum atomic E-state index is 12.3. The minimum Gasteiger partial charge on any atom is -0.423 e. The number of likely N-dealkylation sites (N-methyl/N-ethyl adjacent to an activating group) is 1. The van der Waals surface area contributed by atoms with E-state index in [2.05, 4.69) is 20.2 Å². The maximum absolute atomic E-state index is 12.3. The van der Waals surface area contributed by atoms with Crippen LogP contribution in [-0.2, 0) is 9.59 Å². The van der Waals surface area contributed by atoms with Gasteiger partial charge in [0.15, 0.2) is 5.75 Å². The third-order valence-corrected chi connectivity index (χ3v) is 4.45. The number of halogens is 1. The summed E-state index contributed by atoms with van der Waals surface area (Å²) in [5.74, 6) is -0.0419. The predicted molar refractivity (Wildman–Crippen MR) is 110 cm³/mol. The van der Waals surface area contributed by atoms with Gasteiger partial charge in [-0.3, -0.25) is 14.6 Å². The van der Waals surface area contributed by atoms with E-state index >= 15 is 0 Å². The molecule has 8 nitrogen and oxygen atoms in total. The largest absolute Gasteiger partial charge is 0.423 e. The highest BCUT2D eigenvalue weighted by atomic mass is 35.5. The molecule has 150 valence electrons. The van der Waals surface area contributed by atoms with Crippen LogP contribution >= 0.6 is 12.4 Å². The SMILES string of the molecule is CN(CC(=O)Oc1ccccc1NC=O)N1CCN(c2ccncc2)CC1.Cl. The molecule has 1 aromatic heterocycles. The van der Waals surface area contributed by atoms with Gasteiger partial charge >= 0.3 is 5.97 Å². The second kappa shape index (κ2) is 10.6. The highest BCUT2D eigenvalue weighted by Crippen LogP contribution is 2.23. The van der Waals surface area contributed by atoms with Crippen LogP contribution in [0.4, 0.5) is 11.4 Å². The van der Waals surface area contributed by atoms with E-state index in [1.807, 2.05) is 24.2 Å². The van der Waals surface area contributed by atoms with Crippen molar-refractivity contribution in [2.24, 2.45) is 0 Å². The van der Waals surface area contributed by atoms with E-state index in [1.54, 1.807) is 36.7 Å². The van der Waals surface area contributed by atoms with Gasteiger partial charge in [-0.2, -0.15) is 0 Å². The number of carbonyl (C=O) groups is 2. The first kappa shape index (κ1) is 21.6. The van der Waals surface area contributed by atoms with E-state index in [0.717, 1.165) is 31.9 Å². The smallest absolute Gasteiger partial charge is 0.327 e. The van der Waals surface area contributed by atoms with Gasteiger partial charge in [0.25, 0.3) is 0 Å². The van der Waals surface area contributed by atoms with Crippen molar-refractivity contribution < 1.29 is 14.3 Å². The summed E-state index contributed by atoms with van der Waals surface area (Å²) in [5, 5.41) is 6.54. The number of hydrogen-bond donors (Lipinski definition) is 1. The van der Waals surface area contributed by atoms with Crippen molar-refractivity contribution in [3.8, 4) is 5.75 Å². The third kappa shape index (κ3) is 5.66. The Bertz CT molecular complexity index is 769. The van der Waals surface area contributed by atoms with Crippen molar-refractivity contribution in [2.75, 3.05) is 50.0 Å². The molecule has 2 aromatic rings. The quantitative estimate of drug-likeness (QED) is 0.426. The number of benzene rings is 1. The van der Waals surface area contributed by atoms with Crippen molar-refractivity contribution in [3.63, 3.8) is 0 Å². The van der Waals surface area contributed by atoms with E-state index in [9.17, 15) is 9.59 Å². The summed E-state index contributed by atoms with van der Waals surface area (Å²) >= 11 is 0. The number of anilines is 2. The molecule has 1 fully saturated rings. The number of hydrazine groups is 1. The Kier molecular flexibility index (Phi) is 8.19. The number of piperazine rings is 1. The van der Waals surface area contributed by atoms with Crippen LogP contribution in [0.3, 0.4) is 0 Å². The first-order valence-electron chi connectivity index (χ1n) is 8.78. The normalized spacial score (nSPS) is 14.3. The number of amides is 1. The number of nitrogens with one attached hydrogen (secondary N) is 1. The fourth-order valence-corrected chi connectivity index (χ4v) is 3.03. The molecule has 1 aromatic carbocycles. The number of carbonyl (C=O) groups excluding carboxylic acids is 2. The van der Waals surface area contributed by atoms with E-state index < -0.39 is 0 Å². The highest BCUT2D eigenvalue weighted by molar-refractivity contribution is 5.85. The molecule has 1 aliphatic rings. The molecule has 0 bridgehead atoms. The van der Waals surface area contributed by atoms with Gasteiger partial charge in [-0.1, -0.05) is 12.1 Å². The van der Waals surface area contributed by atoms with Gasteiger partial charge in [-0.15, -0.1) is 12.4 Å². The molecule has 0 spiro atoms. The fraction of sp³-hybridized carbons (Fsp3) is 0.316. The fourth-order valence-electron chi connectivity index (χ4n) is 3.03. The van der Waals surface area contributed by atoms with E-state index in [4.69, 9.17) is 4.74 Å². The Hall–Kier alpha value is -2.68. The van der Waals surface area contributed by atoms with Crippen LogP contribution < -0.4 is 15.0 Å². The molecule has 0 saturated carbocycles. The summed E-state index contributed by atoms with van der Waals surface area (Å²) in [6, 6.07) is 10.8. The second-order valence-electron chi connectivity index (χ2n) is 6.19. The first-order chi connectivity index (χ1) is 13.2. The molecule has 1 aliphatic heterocycles. The monoisotopic (exact) mass is 405 g/mol. The van der Waals surface area contributed by atoms with Crippen molar-refractivity contribution >= 4 is 36.2 Å².